The van der Waals surface area contributed by atoms with E-state index in [1.165, 1.54) is 17.8 Å². The van der Waals surface area contributed by atoms with E-state index in [4.69, 9.17) is 18.9 Å². The number of amides is 2. The van der Waals surface area contributed by atoms with Gasteiger partial charge in [0.25, 0.3) is 0 Å². The lowest BCUT2D eigenvalue weighted by atomic mass is 9.94. The number of thiophene rings is 1. The van der Waals surface area contributed by atoms with Crippen LogP contribution >= 0.6 is 11.3 Å². The van der Waals surface area contributed by atoms with Crippen LogP contribution in [0.15, 0.2) is 53.9 Å². The molecule has 0 radical (unpaired) electrons. The van der Waals surface area contributed by atoms with Gasteiger partial charge in [-0.15, -0.1) is 11.3 Å². The maximum atomic E-state index is 14.1. The number of nitrogens with one attached hydrogen (secondary N) is 1. The third-order valence-corrected chi connectivity index (χ3v) is 7.87. The molecule has 1 saturated carbocycles. The Balaban J connectivity index is 1.59. The molecule has 5 rings (SSSR count). The number of carbonyl (C=O) groups excluding carboxylic acids is 2. The van der Waals surface area contributed by atoms with E-state index in [1.807, 2.05) is 23.6 Å². The highest BCUT2D eigenvalue weighted by molar-refractivity contribution is 7.10. The molecule has 1 atom stereocenters. The minimum atomic E-state index is -0.940. The maximum absolute atomic E-state index is 14.1. The van der Waals surface area contributed by atoms with E-state index in [-0.39, 0.29) is 31.1 Å². The van der Waals surface area contributed by atoms with Crippen molar-refractivity contribution in [3.8, 4) is 23.0 Å². The van der Waals surface area contributed by atoms with Crippen LogP contribution in [-0.4, -0.2) is 38.9 Å². The summed E-state index contributed by atoms with van der Waals surface area (Å²) in [6.07, 6.45) is 5.35. The molecule has 1 N–H and O–H groups in total. The third kappa shape index (κ3) is 5.57. The molecule has 0 spiro atoms. The molecule has 2 heterocycles. The number of rotatable bonds is 9. The fourth-order valence-corrected chi connectivity index (χ4v) is 5.78. The number of anilines is 1. The zero-order valence-electron chi connectivity index (χ0n) is 21.6. The number of carbonyl (C=O) groups is 2. The average Bonchev–Trinajstić information content (AvgIpc) is 3.63. The van der Waals surface area contributed by atoms with Gasteiger partial charge in [-0.3, -0.25) is 14.5 Å². The normalized spacial score (nSPS) is 15.5. The Kier molecular flexibility index (Phi) is 8.03. The van der Waals surface area contributed by atoms with E-state index in [0.29, 0.717) is 34.2 Å². The highest BCUT2D eigenvalue weighted by atomic mass is 32.1. The topological polar surface area (TPSA) is 86.3 Å². The van der Waals surface area contributed by atoms with Crippen molar-refractivity contribution in [3.05, 3.63) is 64.4 Å². The van der Waals surface area contributed by atoms with Gasteiger partial charge in [-0.1, -0.05) is 31.4 Å². The van der Waals surface area contributed by atoms with Crippen LogP contribution in [0.2, 0.25) is 0 Å². The summed E-state index contributed by atoms with van der Waals surface area (Å²) in [5, 5.41) is 5.18. The Morgan fingerprint density at radius 2 is 1.79 bits per heavy atom. The average molecular weight is 537 g/mol. The monoisotopic (exact) mass is 536 g/mol. The van der Waals surface area contributed by atoms with Crippen molar-refractivity contribution in [2.45, 2.75) is 50.6 Å². The zero-order chi connectivity index (χ0) is 26.5. The highest BCUT2D eigenvalue weighted by Gasteiger charge is 2.35. The van der Waals surface area contributed by atoms with E-state index >= 15 is 0 Å². The van der Waals surface area contributed by atoms with Crippen LogP contribution in [0.1, 0.15) is 48.6 Å². The summed E-state index contributed by atoms with van der Waals surface area (Å²) in [6, 6.07) is 13.6. The lowest BCUT2D eigenvalue weighted by Gasteiger charge is -2.33. The number of benzene rings is 2. The minimum Gasteiger partial charge on any atom is -0.493 e. The second-order valence-electron chi connectivity index (χ2n) is 9.42. The molecule has 0 saturated heterocycles. The molecular formula is C29H32N2O6S. The van der Waals surface area contributed by atoms with Crippen LogP contribution in [0.25, 0.3) is 0 Å². The van der Waals surface area contributed by atoms with Crippen LogP contribution in [0.5, 0.6) is 23.0 Å². The summed E-state index contributed by atoms with van der Waals surface area (Å²) in [4.78, 5) is 30.6. The number of ether oxygens (including phenoxy) is 4. The van der Waals surface area contributed by atoms with E-state index in [9.17, 15) is 9.59 Å². The van der Waals surface area contributed by atoms with Crippen LogP contribution in [-0.2, 0) is 16.0 Å². The lowest BCUT2D eigenvalue weighted by Crippen LogP contribution is -2.47. The van der Waals surface area contributed by atoms with Gasteiger partial charge in [-0.05, 0) is 54.1 Å². The largest absolute Gasteiger partial charge is 0.493 e. The fraction of sp³-hybridized carbons (Fsp3) is 0.379. The number of methoxy groups -OCH3 is 2. The van der Waals surface area contributed by atoms with Gasteiger partial charge in [0.1, 0.15) is 6.04 Å². The molecular weight excluding hydrogens is 504 g/mol. The second kappa shape index (κ2) is 11.8. The number of fused-ring (bicyclic) bond motifs is 1. The van der Waals surface area contributed by atoms with Gasteiger partial charge in [0, 0.05) is 22.7 Å². The fourth-order valence-electron chi connectivity index (χ4n) is 5.09. The number of nitrogens with zero attached hydrogens (tertiary/aromatic N) is 1. The molecule has 38 heavy (non-hydrogen) atoms. The molecule has 2 aliphatic rings. The SMILES string of the molecule is COc1ccc([C@H](C(=O)NC2CCCCC2)N(C(=O)Cc2cccs2)c2ccc3c(c2)OCO3)cc1OC. The van der Waals surface area contributed by atoms with Crippen LogP contribution in [0, 0.1) is 0 Å². The second-order valence-corrected chi connectivity index (χ2v) is 10.5. The summed E-state index contributed by atoms with van der Waals surface area (Å²) in [5.74, 6) is 1.73. The van der Waals surface area contributed by atoms with Gasteiger partial charge in [0.2, 0.25) is 18.6 Å². The van der Waals surface area contributed by atoms with Crippen molar-refractivity contribution in [3.63, 3.8) is 0 Å². The van der Waals surface area contributed by atoms with Crippen LogP contribution < -0.4 is 29.2 Å². The van der Waals surface area contributed by atoms with E-state index in [1.54, 1.807) is 49.5 Å². The standard InChI is InChI=1S/C29H32N2O6S/c1-34-23-12-10-19(15-25(23)35-2)28(29(33)30-20-7-4-3-5-8-20)31(27(32)17-22-9-6-14-38-22)21-11-13-24-26(16-21)37-18-36-24/h6,9-16,20,28H,3-5,7-8,17-18H2,1-2H3,(H,30,33)/t28-/m1/s1. The van der Waals surface area contributed by atoms with Crippen molar-refractivity contribution in [1.29, 1.82) is 0 Å². The summed E-state index contributed by atoms with van der Waals surface area (Å²) in [6.45, 7) is 0.114. The first-order valence-electron chi connectivity index (χ1n) is 12.8. The molecule has 200 valence electrons. The molecule has 1 fully saturated rings. The molecule has 1 aliphatic heterocycles. The predicted octanol–water partition coefficient (Wildman–Crippen LogP) is 5.26. The third-order valence-electron chi connectivity index (χ3n) is 6.99. The van der Waals surface area contributed by atoms with Gasteiger partial charge >= 0.3 is 0 Å². The number of hydrogen-bond donors (Lipinski definition) is 1. The van der Waals surface area contributed by atoms with Crippen molar-refractivity contribution < 1.29 is 28.5 Å². The van der Waals surface area contributed by atoms with Gasteiger partial charge in [0.05, 0.1) is 20.6 Å². The first-order valence-corrected chi connectivity index (χ1v) is 13.7. The molecule has 1 aromatic heterocycles. The van der Waals surface area contributed by atoms with Gasteiger partial charge in [-0.2, -0.15) is 0 Å². The highest BCUT2D eigenvalue weighted by Crippen LogP contribution is 2.40. The molecule has 3 aromatic rings. The van der Waals surface area contributed by atoms with Crippen LogP contribution in [0.3, 0.4) is 0 Å². The molecule has 2 aromatic carbocycles. The van der Waals surface area contributed by atoms with E-state index in [0.717, 1.165) is 30.6 Å². The summed E-state index contributed by atoms with van der Waals surface area (Å²) in [5.41, 5.74) is 1.17. The Labute approximate surface area is 226 Å². The predicted molar refractivity (Wildman–Crippen MR) is 145 cm³/mol. The first-order chi connectivity index (χ1) is 18.6. The molecule has 0 bridgehead atoms. The minimum absolute atomic E-state index is 0.0740. The smallest absolute Gasteiger partial charge is 0.248 e. The van der Waals surface area contributed by atoms with Gasteiger partial charge in [-0.25, -0.2) is 0 Å². The molecule has 0 unspecified atom stereocenters. The Bertz CT molecular complexity index is 1270. The Morgan fingerprint density at radius 3 is 2.53 bits per heavy atom. The van der Waals surface area contributed by atoms with Crippen molar-refractivity contribution in [2.24, 2.45) is 0 Å². The zero-order valence-corrected chi connectivity index (χ0v) is 22.4. The molecule has 1 aliphatic carbocycles. The number of hydrogen-bond acceptors (Lipinski definition) is 7. The molecule has 8 nitrogen and oxygen atoms in total. The molecule has 2 amide bonds. The first kappa shape index (κ1) is 25.9. The van der Waals surface area contributed by atoms with Crippen molar-refractivity contribution in [2.75, 3.05) is 25.9 Å². The summed E-state index contributed by atoms with van der Waals surface area (Å²) >= 11 is 1.51. The summed E-state index contributed by atoms with van der Waals surface area (Å²) < 4.78 is 22.1. The lowest BCUT2D eigenvalue weighted by molar-refractivity contribution is -0.127. The van der Waals surface area contributed by atoms with Crippen molar-refractivity contribution in [1.82, 2.24) is 5.32 Å². The van der Waals surface area contributed by atoms with Crippen LogP contribution in [0.4, 0.5) is 5.69 Å². The Morgan fingerprint density at radius 1 is 1.00 bits per heavy atom. The Hall–Kier alpha value is -3.72. The van der Waals surface area contributed by atoms with E-state index < -0.39 is 6.04 Å². The maximum Gasteiger partial charge on any atom is 0.248 e. The van der Waals surface area contributed by atoms with Crippen molar-refractivity contribution >= 4 is 28.8 Å². The van der Waals surface area contributed by atoms with Gasteiger partial charge in [0.15, 0.2) is 23.0 Å². The molecule has 9 heteroatoms. The van der Waals surface area contributed by atoms with E-state index in [2.05, 4.69) is 5.32 Å². The van der Waals surface area contributed by atoms with Gasteiger partial charge < -0.3 is 24.3 Å². The quantitative estimate of drug-likeness (QED) is 0.402. The summed E-state index contributed by atoms with van der Waals surface area (Å²) in [7, 11) is 3.12.